The van der Waals surface area contributed by atoms with Crippen molar-refractivity contribution in [2.75, 3.05) is 6.54 Å². The van der Waals surface area contributed by atoms with E-state index in [0.29, 0.717) is 0 Å². The van der Waals surface area contributed by atoms with Gasteiger partial charge in [0.15, 0.2) is 0 Å². The standard InChI is InChI=1S/C4H8N4O2/c5-3(1-4(9)10)2-7-8-6/h3H,1-2,5H2,(H,9,10). The summed E-state index contributed by atoms with van der Waals surface area (Å²) in [5.41, 5.74) is 13.0. The number of azide groups is 1. The smallest absolute Gasteiger partial charge is 0.304 e. The van der Waals surface area contributed by atoms with Crippen molar-refractivity contribution < 1.29 is 9.90 Å². The van der Waals surface area contributed by atoms with Crippen LogP contribution in [-0.2, 0) is 4.79 Å². The monoisotopic (exact) mass is 144 g/mol. The molecule has 10 heavy (non-hydrogen) atoms. The van der Waals surface area contributed by atoms with Crippen molar-refractivity contribution >= 4 is 5.97 Å². The maximum Gasteiger partial charge on any atom is 0.304 e. The van der Waals surface area contributed by atoms with E-state index in [2.05, 4.69) is 10.0 Å². The molecule has 56 valence electrons. The second-order valence-electron chi connectivity index (χ2n) is 1.77. The molecule has 0 aliphatic heterocycles. The molecule has 0 aliphatic carbocycles. The predicted octanol–water partition coefficient (Wildman–Crippen LogP) is 0.0987. The molecule has 0 amide bonds. The summed E-state index contributed by atoms with van der Waals surface area (Å²) in [6, 6.07) is -0.576. The summed E-state index contributed by atoms with van der Waals surface area (Å²) < 4.78 is 0. The van der Waals surface area contributed by atoms with Crippen LogP contribution in [0.15, 0.2) is 5.11 Å². The third-order valence-corrected chi connectivity index (χ3v) is 0.816. The first-order valence-corrected chi connectivity index (χ1v) is 2.65. The van der Waals surface area contributed by atoms with Crippen molar-refractivity contribution in [3.05, 3.63) is 10.4 Å². The fourth-order valence-corrected chi connectivity index (χ4v) is 0.430. The van der Waals surface area contributed by atoms with E-state index in [0.717, 1.165) is 0 Å². The van der Waals surface area contributed by atoms with Gasteiger partial charge in [-0.25, -0.2) is 0 Å². The Balaban J connectivity index is 3.52. The Morgan fingerprint density at radius 1 is 1.90 bits per heavy atom. The molecule has 0 heterocycles. The molecule has 0 aromatic carbocycles. The molecular formula is C4H8N4O2. The number of rotatable bonds is 4. The Kier molecular flexibility index (Phi) is 4.02. The van der Waals surface area contributed by atoms with E-state index in [1.165, 1.54) is 0 Å². The average molecular weight is 144 g/mol. The fraction of sp³-hybridized carbons (Fsp3) is 0.750. The lowest BCUT2D eigenvalue weighted by atomic mass is 10.2. The lowest BCUT2D eigenvalue weighted by molar-refractivity contribution is -0.137. The third kappa shape index (κ3) is 4.89. The van der Waals surface area contributed by atoms with Gasteiger partial charge in [-0.3, -0.25) is 4.79 Å². The molecule has 0 saturated heterocycles. The minimum Gasteiger partial charge on any atom is -0.481 e. The second-order valence-corrected chi connectivity index (χ2v) is 1.77. The van der Waals surface area contributed by atoms with Crippen molar-refractivity contribution in [2.24, 2.45) is 10.8 Å². The van der Waals surface area contributed by atoms with Crippen LogP contribution >= 0.6 is 0 Å². The van der Waals surface area contributed by atoms with E-state index < -0.39 is 12.0 Å². The van der Waals surface area contributed by atoms with Crippen molar-refractivity contribution in [1.29, 1.82) is 0 Å². The first-order chi connectivity index (χ1) is 4.66. The van der Waals surface area contributed by atoms with Crippen LogP contribution in [0.5, 0.6) is 0 Å². The van der Waals surface area contributed by atoms with E-state index in [9.17, 15) is 4.79 Å². The van der Waals surface area contributed by atoms with Crippen LogP contribution in [0.4, 0.5) is 0 Å². The van der Waals surface area contributed by atoms with E-state index in [4.69, 9.17) is 16.4 Å². The van der Waals surface area contributed by atoms with E-state index >= 15 is 0 Å². The number of nitrogens with zero attached hydrogens (tertiary/aromatic N) is 3. The van der Waals surface area contributed by atoms with Gasteiger partial charge in [-0.05, 0) is 5.53 Å². The third-order valence-electron chi connectivity index (χ3n) is 0.816. The van der Waals surface area contributed by atoms with Crippen molar-refractivity contribution in [1.82, 2.24) is 0 Å². The molecular weight excluding hydrogens is 136 g/mol. The van der Waals surface area contributed by atoms with Crippen LogP contribution < -0.4 is 5.73 Å². The lowest BCUT2D eigenvalue weighted by Gasteiger charge is -2.01. The molecule has 0 spiro atoms. The zero-order valence-corrected chi connectivity index (χ0v) is 5.27. The normalized spacial score (nSPS) is 11.7. The highest BCUT2D eigenvalue weighted by atomic mass is 16.4. The molecule has 0 bridgehead atoms. The topological polar surface area (TPSA) is 112 Å². The van der Waals surface area contributed by atoms with Crippen molar-refractivity contribution in [2.45, 2.75) is 12.5 Å². The molecule has 1 atom stereocenters. The maximum absolute atomic E-state index is 9.96. The Labute approximate surface area is 57.3 Å². The van der Waals surface area contributed by atoms with Crippen molar-refractivity contribution in [3.63, 3.8) is 0 Å². The predicted molar refractivity (Wildman–Crippen MR) is 34.2 cm³/mol. The zero-order valence-electron chi connectivity index (χ0n) is 5.27. The Bertz CT molecular complexity index is 159. The van der Waals surface area contributed by atoms with Gasteiger partial charge in [0.05, 0.1) is 6.42 Å². The SMILES string of the molecule is [N-]=[N+]=NCC(N)CC(=O)O. The van der Waals surface area contributed by atoms with Gasteiger partial charge in [-0.1, -0.05) is 5.11 Å². The Hall–Kier alpha value is -1.26. The van der Waals surface area contributed by atoms with Crippen LogP contribution in [0.25, 0.3) is 10.4 Å². The molecule has 0 saturated carbocycles. The lowest BCUT2D eigenvalue weighted by Crippen LogP contribution is -2.26. The molecule has 0 aromatic heterocycles. The summed E-state index contributed by atoms with van der Waals surface area (Å²) >= 11 is 0. The number of carbonyl (C=O) groups is 1. The van der Waals surface area contributed by atoms with Crippen LogP contribution in [0.3, 0.4) is 0 Å². The summed E-state index contributed by atoms with van der Waals surface area (Å²) in [7, 11) is 0. The highest BCUT2D eigenvalue weighted by Crippen LogP contribution is 1.88. The van der Waals surface area contributed by atoms with Crippen LogP contribution in [0.1, 0.15) is 6.42 Å². The van der Waals surface area contributed by atoms with E-state index in [1.807, 2.05) is 0 Å². The molecule has 6 heteroatoms. The summed E-state index contributed by atoms with van der Waals surface area (Å²) in [6.45, 7) is 0.0306. The number of aliphatic carboxylic acids is 1. The highest BCUT2D eigenvalue weighted by molar-refractivity contribution is 5.67. The van der Waals surface area contributed by atoms with Gasteiger partial charge in [0.25, 0.3) is 0 Å². The van der Waals surface area contributed by atoms with Gasteiger partial charge >= 0.3 is 5.97 Å². The molecule has 0 fully saturated rings. The number of carboxylic acid groups (broad SMARTS) is 1. The van der Waals surface area contributed by atoms with Crippen molar-refractivity contribution in [3.8, 4) is 0 Å². The molecule has 6 nitrogen and oxygen atoms in total. The van der Waals surface area contributed by atoms with E-state index in [-0.39, 0.29) is 13.0 Å². The summed E-state index contributed by atoms with van der Waals surface area (Å²) in [4.78, 5) is 12.4. The van der Waals surface area contributed by atoms with Gasteiger partial charge < -0.3 is 10.8 Å². The van der Waals surface area contributed by atoms with Crippen LogP contribution in [0, 0.1) is 0 Å². The molecule has 0 aliphatic rings. The first-order valence-electron chi connectivity index (χ1n) is 2.65. The molecule has 3 N–H and O–H groups in total. The number of hydrogen-bond acceptors (Lipinski definition) is 3. The number of hydrogen-bond donors (Lipinski definition) is 2. The zero-order chi connectivity index (χ0) is 7.98. The quantitative estimate of drug-likeness (QED) is 0.331. The van der Waals surface area contributed by atoms with Gasteiger partial charge in [0.2, 0.25) is 0 Å². The van der Waals surface area contributed by atoms with Gasteiger partial charge in [-0.15, -0.1) is 0 Å². The minimum absolute atomic E-state index is 0.0306. The van der Waals surface area contributed by atoms with Crippen LogP contribution in [0.2, 0.25) is 0 Å². The number of nitrogens with two attached hydrogens (primary N) is 1. The average Bonchev–Trinajstić information content (AvgIpc) is 1.82. The first kappa shape index (κ1) is 8.74. The fourth-order valence-electron chi connectivity index (χ4n) is 0.430. The van der Waals surface area contributed by atoms with E-state index in [1.54, 1.807) is 0 Å². The second kappa shape index (κ2) is 4.60. The van der Waals surface area contributed by atoms with Gasteiger partial charge in [-0.2, -0.15) is 0 Å². The summed E-state index contributed by atoms with van der Waals surface area (Å²) in [6.07, 6.45) is -0.168. The highest BCUT2D eigenvalue weighted by Gasteiger charge is 2.05. The Morgan fingerprint density at radius 2 is 2.50 bits per heavy atom. The van der Waals surface area contributed by atoms with Gasteiger partial charge in [0.1, 0.15) is 0 Å². The van der Waals surface area contributed by atoms with Crippen LogP contribution in [-0.4, -0.2) is 23.7 Å². The summed E-state index contributed by atoms with van der Waals surface area (Å²) in [5, 5.41) is 11.3. The molecule has 0 aromatic rings. The number of carboxylic acids is 1. The summed E-state index contributed by atoms with van der Waals surface area (Å²) in [5.74, 6) is -0.986. The molecule has 0 rings (SSSR count). The molecule has 1 unspecified atom stereocenters. The Morgan fingerprint density at radius 3 is 2.90 bits per heavy atom. The van der Waals surface area contributed by atoms with Gasteiger partial charge in [0, 0.05) is 17.5 Å². The maximum atomic E-state index is 9.96. The minimum atomic E-state index is -0.986. The largest absolute Gasteiger partial charge is 0.481 e. The molecule has 0 radical (unpaired) electrons.